The molecule has 3 heterocycles. The first-order chi connectivity index (χ1) is 16.3. The fourth-order valence-electron chi connectivity index (χ4n) is 4.95. The van der Waals surface area contributed by atoms with Crippen molar-refractivity contribution in [2.75, 3.05) is 31.0 Å². The average Bonchev–Trinajstić information content (AvgIpc) is 3.26. The summed E-state index contributed by atoms with van der Waals surface area (Å²) in [4.78, 5) is 15.6. The summed E-state index contributed by atoms with van der Waals surface area (Å²) in [6.45, 7) is 4.23. The number of likely N-dealkylation sites (N-methyl/N-ethyl adjacent to an activating group) is 1. The van der Waals surface area contributed by atoms with Gasteiger partial charge >= 0.3 is 0 Å². The van der Waals surface area contributed by atoms with E-state index in [0.717, 1.165) is 35.7 Å². The summed E-state index contributed by atoms with van der Waals surface area (Å²) in [5.41, 5.74) is 1.59. The number of alkyl halides is 1. The molecule has 2 aromatic heterocycles. The molecule has 0 amide bonds. The first kappa shape index (κ1) is 22.4. The minimum atomic E-state index is -1.05. The second-order valence-electron chi connectivity index (χ2n) is 9.56. The number of nitrogens with one attached hydrogen (secondary N) is 1. The number of aromatic nitrogens is 4. The number of hydrogen-bond acceptors (Lipinski definition) is 7. The molecule has 0 radical (unpaired) electrons. The molecule has 2 aliphatic rings. The number of methoxy groups -OCH3 is 1. The van der Waals surface area contributed by atoms with Gasteiger partial charge in [-0.2, -0.15) is 4.98 Å². The minimum absolute atomic E-state index is 0.171. The number of aryl methyl sites for hydroxylation is 1. The molecule has 34 heavy (non-hydrogen) atoms. The van der Waals surface area contributed by atoms with E-state index >= 15 is 0 Å². The summed E-state index contributed by atoms with van der Waals surface area (Å²) in [6, 6.07) is 6.00. The van der Waals surface area contributed by atoms with Gasteiger partial charge in [0.25, 0.3) is 0 Å². The van der Waals surface area contributed by atoms with Crippen LogP contribution in [0.3, 0.4) is 0 Å². The lowest BCUT2D eigenvalue weighted by Crippen LogP contribution is -2.48. The van der Waals surface area contributed by atoms with Crippen LogP contribution in [0.1, 0.15) is 38.3 Å². The second kappa shape index (κ2) is 8.77. The van der Waals surface area contributed by atoms with Crippen LogP contribution in [0.15, 0.2) is 36.9 Å². The Hall–Kier alpha value is -3.36. The maximum absolute atomic E-state index is 14.3. The third-order valence-electron chi connectivity index (χ3n) is 7.02. The van der Waals surface area contributed by atoms with Gasteiger partial charge in [0, 0.05) is 25.0 Å². The van der Waals surface area contributed by atoms with E-state index in [1.54, 1.807) is 26.6 Å². The molecule has 180 valence electrons. The van der Waals surface area contributed by atoms with Crippen molar-refractivity contribution in [1.82, 2.24) is 19.5 Å². The summed E-state index contributed by atoms with van der Waals surface area (Å²) in [7, 11) is 3.68. The molecule has 9 heteroatoms. The number of benzene rings is 1. The van der Waals surface area contributed by atoms with Gasteiger partial charge in [-0.25, -0.2) is 14.4 Å². The van der Waals surface area contributed by atoms with Gasteiger partial charge in [0.05, 0.1) is 37.1 Å². The highest BCUT2D eigenvalue weighted by Crippen LogP contribution is 2.41. The summed E-state index contributed by atoms with van der Waals surface area (Å²) < 4.78 is 27.8. The molecule has 8 nitrogen and oxygen atoms in total. The number of imidazole rings is 1. The van der Waals surface area contributed by atoms with E-state index in [9.17, 15) is 4.39 Å². The number of halogens is 1. The molecule has 1 aliphatic heterocycles. The lowest BCUT2D eigenvalue weighted by molar-refractivity contribution is 0.0837. The zero-order valence-electron chi connectivity index (χ0n) is 20.1. The Labute approximate surface area is 199 Å². The lowest BCUT2D eigenvalue weighted by Gasteiger charge is -2.42. The van der Waals surface area contributed by atoms with Gasteiger partial charge in [0.1, 0.15) is 18.0 Å². The molecule has 1 fully saturated rings. The van der Waals surface area contributed by atoms with Gasteiger partial charge in [0.15, 0.2) is 11.6 Å². The second-order valence-corrected chi connectivity index (χ2v) is 9.56. The minimum Gasteiger partial charge on any atom is -0.494 e. The Kier molecular flexibility index (Phi) is 5.79. The van der Waals surface area contributed by atoms with E-state index in [1.165, 1.54) is 0 Å². The quantitative estimate of drug-likeness (QED) is 0.577. The average molecular weight is 467 g/mol. The Balaban J connectivity index is 1.34. The predicted molar refractivity (Wildman–Crippen MR) is 129 cm³/mol. The maximum Gasteiger partial charge on any atom is 0.229 e. The molecule has 0 saturated heterocycles. The number of anilines is 3. The van der Waals surface area contributed by atoms with Crippen LogP contribution in [0, 0.1) is 12.8 Å². The fourth-order valence-corrected chi connectivity index (χ4v) is 4.95. The smallest absolute Gasteiger partial charge is 0.229 e. The molecular weight excluding hydrogens is 435 g/mol. The topological polar surface area (TPSA) is 77.3 Å². The molecule has 1 aromatic carbocycles. The molecule has 1 aliphatic carbocycles. The molecule has 5 rings (SSSR count). The molecule has 1 N–H and O–H groups in total. The molecule has 0 spiro atoms. The summed E-state index contributed by atoms with van der Waals surface area (Å²) in [5, 5.41) is 3.28. The van der Waals surface area contributed by atoms with Gasteiger partial charge in [-0.3, -0.25) is 0 Å². The van der Waals surface area contributed by atoms with Crippen molar-refractivity contribution >= 4 is 17.5 Å². The number of fused-ring (bicyclic) bond motifs is 1. The predicted octanol–water partition coefficient (Wildman–Crippen LogP) is 4.84. The third kappa shape index (κ3) is 4.38. The van der Waals surface area contributed by atoms with E-state index in [0.29, 0.717) is 42.8 Å². The third-order valence-corrected chi connectivity index (χ3v) is 7.02. The summed E-state index contributed by atoms with van der Waals surface area (Å²) in [5.74, 6) is 2.98. The summed E-state index contributed by atoms with van der Waals surface area (Å²) >= 11 is 0. The zero-order valence-corrected chi connectivity index (χ0v) is 20.1. The van der Waals surface area contributed by atoms with Crippen LogP contribution in [-0.2, 0) is 0 Å². The Morgan fingerprint density at radius 3 is 2.74 bits per heavy atom. The van der Waals surface area contributed by atoms with Gasteiger partial charge in [0.2, 0.25) is 5.95 Å². The van der Waals surface area contributed by atoms with E-state index in [1.807, 2.05) is 42.9 Å². The molecule has 3 aromatic rings. The van der Waals surface area contributed by atoms with Crippen LogP contribution in [-0.4, -0.2) is 52.0 Å². The lowest BCUT2D eigenvalue weighted by atomic mass is 9.77. The number of ether oxygens (including phenoxy) is 2. The van der Waals surface area contributed by atoms with E-state index in [2.05, 4.69) is 20.2 Å². The molecular formula is C25H31FN6O2. The van der Waals surface area contributed by atoms with E-state index in [-0.39, 0.29) is 6.04 Å². The summed E-state index contributed by atoms with van der Waals surface area (Å²) in [6.07, 6.45) is 8.34. The number of nitrogens with zero attached hydrogens (tertiary/aromatic N) is 5. The van der Waals surface area contributed by atoms with Crippen LogP contribution < -0.4 is 19.7 Å². The van der Waals surface area contributed by atoms with Crippen molar-refractivity contribution in [3.05, 3.63) is 42.6 Å². The molecule has 1 unspecified atom stereocenters. The Morgan fingerprint density at radius 1 is 1.24 bits per heavy atom. The van der Waals surface area contributed by atoms with Crippen molar-refractivity contribution in [3.8, 4) is 17.2 Å². The van der Waals surface area contributed by atoms with E-state index < -0.39 is 5.67 Å². The first-order valence-corrected chi connectivity index (χ1v) is 11.7. The van der Waals surface area contributed by atoms with Crippen molar-refractivity contribution < 1.29 is 13.9 Å². The molecule has 1 saturated carbocycles. The van der Waals surface area contributed by atoms with Crippen molar-refractivity contribution in [2.45, 2.75) is 51.2 Å². The number of rotatable bonds is 5. The van der Waals surface area contributed by atoms with Gasteiger partial charge in [-0.05, 0) is 57.6 Å². The van der Waals surface area contributed by atoms with Crippen LogP contribution in [0.2, 0.25) is 0 Å². The van der Waals surface area contributed by atoms with Crippen LogP contribution >= 0.6 is 0 Å². The molecule has 1 atom stereocenters. The van der Waals surface area contributed by atoms with Crippen LogP contribution in [0.4, 0.5) is 21.8 Å². The fraction of sp³-hybridized carbons (Fsp3) is 0.480. The standard InChI is InChI=1S/C25H31FN6O2/c1-16-13-32(15-28-16)19-6-5-18(11-21(19)33-4)29-24-27-12-22-23(30-24)31(3)20(14-34-22)17-7-9-25(2,26)10-8-17/h5-6,11-13,15,17,20H,7-10,14H2,1-4H3,(H,27,29,30). The first-order valence-electron chi connectivity index (χ1n) is 11.7. The van der Waals surface area contributed by atoms with Gasteiger partial charge in [-0.1, -0.05) is 0 Å². The zero-order chi connectivity index (χ0) is 23.9. The normalized spacial score (nSPS) is 24.3. The van der Waals surface area contributed by atoms with Gasteiger partial charge in [-0.15, -0.1) is 0 Å². The van der Waals surface area contributed by atoms with E-state index in [4.69, 9.17) is 14.5 Å². The largest absolute Gasteiger partial charge is 0.494 e. The van der Waals surface area contributed by atoms with Crippen LogP contribution in [0.5, 0.6) is 11.5 Å². The SMILES string of the molecule is COc1cc(Nc2ncc3c(n2)N(C)C(C2CCC(C)(F)CC2)CO3)ccc1-n1cnc(C)c1. The van der Waals surface area contributed by atoms with Crippen LogP contribution in [0.25, 0.3) is 5.69 Å². The van der Waals surface area contributed by atoms with Crippen molar-refractivity contribution in [2.24, 2.45) is 5.92 Å². The Bertz CT molecular complexity index is 1170. The highest BCUT2D eigenvalue weighted by molar-refractivity contribution is 5.64. The Morgan fingerprint density at radius 2 is 2.03 bits per heavy atom. The van der Waals surface area contributed by atoms with Crippen molar-refractivity contribution in [3.63, 3.8) is 0 Å². The number of hydrogen-bond donors (Lipinski definition) is 1. The highest BCUT2D eigenvalue weighted by atomic mass is 19.1. The maximum atomic E-state index is 14.3. The molecule has 0 bridgehead atoms. The monoisotopic (exact) mass is 466 g/mol. The highest BCUT2D eigenvalue weighted by Gasteiger charge is 2.38. The van der Waals surface area contributed by atoms with Crippen molar-refractivity contribution in [1.29, 1.82) is 0 Å². The van der Waals surface area contributed by atoms with Gasteiger partial charge < -0.3 is 24.3 Å².